The van der Waals surface area contributed by atoms with Crippen molar-refractivity contribution in [1.29, 1.82) is 0 Å². The topological polar surface area (TPSA) is 35.2 Å². The molecule has 1 aliphatic rings. The van der Waals surface area contributed by atoms with Crippen molar-refractivity contribution >= 4 is 0 Å². The Labute approximate surface area is 106 Å². The summed E-state index contributed by atoms with van der Waals surface area (Å²) < 4.78 is 31.8. The minimum atomic E-state index is -2.59. The van der Waals surface area contributed by atoms with Crippen LogP contribution in [0.25, 0.3) is 0 Å². The Morgan fingerprint density at radius 2 is 1.78 bits per heavy atom. The number of ether oxygens (including phenoxy) is 1. The molecule has 0 bridgehead atoms. The van der Waals surface area contributed by atoms with E-state index in [4.69, 9.17) is 10.5 Å². The predicted molar refractivity (Wildman–Crippen MR) is 67.4 cm³/mol. The summed E-state index contributed by atoms with van der Waals surface area (Å²) in [7, 11) is 1.56. The Bertz CT molecular complexity index is 463. The predicted octanol–water partition coefficient (Wildman–Crippen LogP) is 2.94. The molecule has 0 radical (unpaired) electrons. The minimum Gasteiger partial charge on any atom is -0.496 e. The smallest absolute Gasteiger partial charge is 0.250 e. The first kappa shape index (κ1) is 13.3. The van der Waals surface area contributed by atoms with E-state index < -0.39 is 11.3 Å². The molecule has 2 N–H and O–H groups in total. The van der Waals surface area contributed by atoms with Gasteiger partial charge in [0.15, 0.2) is 0 Å². The summed E-state index contributed by atoms with van der Waals surface area (Å²) in [4.78, 5) is 0. The average Bonchev–Trinajstić information content (AvgIpc) is 2.28. The van der Waals surface area contributed by atoms with Gasteiger partial charge in [-0.1, -0.05) is 6.07 Å². The van der Waals surface area contributed by atoms with E-state index in [2.05, 4.69) is 0 Å². The largest absolute Gasteiger partial charge is 0.496 e. The van der Waals surface area contributed by atoms with Crippen molar-refractivity contribution in [2.24, 2.45) is 5.73 Å². The zero-order valence-electron chi connectivity index (χ0n) is 11.0. The van der Waals surface area contributed by atoms with Crippen molar-refractivity contribution in [3.05, 3.63) is 28.8 Å². The van der Waals surface area contributed by atoms with Crippen molar-refractivity contribution in [2.45, 2.75) is 38.0 Å². The lowest BCUT2D eigenvalue weighted by atomic mass is 9.61. The summed E-state index contributed by atoms with van der Waals surface area (Å²) in [6, 6.07) is 3.84. The van der Waals surface area contributed by atoms with Gasteiger partial charge in [0.2, 0.25) is 5.92 Å². The quantitative estimate of drug-likeness (QED) is 0.901. The monoisotopic (exact) mass is 255 g/mol. The summed E-state index contributed by atoms with van der Waals surface area (Å²) in [5, 5.41) is 0. The fourth-order valence-corrected chi connectivity index (χ4v) is 2.76. The molecule has 18 heavy (non-hydrogen) atoms. The molecule has 0 saturated heterocycles. The van der Waals surface area contributed by atoms with Crippen molar-refractivity contribution in [3.63, 3.8) is 0 Å². The van der Waals surface area contributed by atoms with Crippen LogP contribution >= 0.6 is 0 Å². The Kier molecular flexibility index (Phi) is 3.09. The van der Waals surface area contributed by atoms with Crippen LogP contribution in [0.3, 0.4) is 0 Å². The third kappa shape index (κ3) is 1.99. The maximum absolute atomic E-state index is 13.2. The molecule has 2 rings (SSSR count). The molecule has 0 aliphatic heterocycles. The van der Waals surface area contributed by atoms with Gasteiger partial charge < -0.3 is 10.5 Å². The Balaban J connectivity index is 2.47. The first-order chi connectivity index (χ1) is 8.33. The van der Waals surface area contributed by atoms with Gasteiger partial charge in [0, 0.05) is 30.4 Å². The molecule has 4 heteroatoms. The molecule has 100 valence electrons. The van der Waals surface area contributed by atoms with Gasteiger partial charge in [-0.25, -0.2) is 8.78 Å². The molecule has 0 amide bonds. The van der Waals surface area contributed by atoms with Crippen LogP contribution in [0.4, 0.5) is 8.78 Å². The number of rotatable bonds is 3. The summed E-state index contributed by atoms with van der Waals surface area (Å²) in [5.74, 6) is -1.93. The van der Waals surface area contributed by atoms with Gasteiger partial charge in [-0.2, -0.15) is 0 Å². The first-order valence-corrected chi connectivity index (χ1v) is 6.07. The van der Waals surface area contributed by atoms with Gasteiger partial charge in [0.25, 0.3) is 0 Å². The lowest BCUT2D eigenvalue weighted by Gasteiger charge is -2.47. The molecule has 1 aromatic rings. The first-order valence-electron chi connectivity index (χ1n) is 6.07. The van der Waals surface area contributed by atoms with Crippen LogP contribution in [0.15, 0.2) is 12.1 Å². The fraction of sp³-hybridized carbons (Fsp3) is 0.571. The van der Waals surface area contributed by atoms with Crippen molar-refractivity contribution in [1.82, 2.24) is 0 Å². The maximum atomic E-state index is 13.2. The fourth-order valence-electron chi connectivity index (χ4n) is 2.76. The van der Waals surface area contributed by atoms with Gasteiger partial charge >= 0.3 is 0 Å². The van der Waals surface area contributed by atoms with Crippen molar-refractivity contribution in [3.8, 4) is 5.75 Å². The molecule has 1 aliphatic carbocycles. The summed E-state index contributed by atoms with van der Waals surface area (Å²) in [6.07, 6.45) is -0.370. The molecule has 0 unspecified atom stereocenters. The van der Waals surface area contributed by atoms with Crippen LogP contribution in [0.5, 0.6) is 5.75 Å². The number of hydrogen-bond acceptors (Lipinski definition) is 2. The van der Waals surface area contributed by atoms with Crippen LogP contribution in [0.1, 0.15) is 29.5 Å². The van der Waals surface area contributed by atoms with Crippen LogP contribution in [-0.2, 0) is 5.41 Å². The Morgan fingerprint density at radius 3 is 2.22 bits per heavy atom. The molecule has 0 atom stereocenters. The summed E-state index contributed by atoms with van der Waals surface area (Å²) in [5.41, 5.74) is 8.10. The van der Waals surface area contributed by atoms with Gasteiger partial charge in [0.05, 0.1) is 7.11 Å². The maximum Gasteiger partial charge on any atom is 0.250 e. The van der Waals surface area contributed by atoms with E-state index in [-0.39, 0.29) is 19.4 Å². The molecule has 0 heterocycles. The highest BCUT2D eigenvalue weighted by Crippen LogP contribution is 2.55. The highest BCUT2D eigenvalue weighted by atomic mass is 19.3. The number of hydrogen-bond donors (Lipinski definition) is 1. The van der Waals surface area contributed by atoms with E-state index in [1.165, 1.54) is 0 Å². The van der Waals surface area contributed by atoms with Crippen LogP contribution < -0.4 is 10.5 Å². The lowest BCUT2D eigenvalue weighted by Crippen LogP contribution is -2.53. The SMILES string of the molecule is COc1cc(C)c(C)cc1C1(CN)CC(F)(F)C1. The second kappa shape index (κ2) is 4.19. The number of benzene rings is 1. The molecular formula is C14H19F2NO. The minimum absolute atomic E-state index is 0.185. The van der Waals surface area contributed by atoms with Crippen LogP contribution in [0.2, 0.25) is 0 Å². The second-order valence-corrected chi connectivity index (χ2v) is 5.33. The van der Waals surface area contributed by atoms with Crippen LogP contribution in [0, 0.1) is 13.8 Å². The molecule has 1 aromatic carbocycles. The molecule has 0 spiro atoms. The number of methoxy groups -OCH3 is 1. The molecular weight excluding hydrogens is 236 g/mol. The van der Waals surface area contributed by atoms with E-state index in [1.54, 1.807) is 7.11 Å². The third-order valence-electron chi connectivity index (χ3n) is 3.97. The summed E-state index contributed by atoms with van der Waals surface area (Å²) in [6.45, 7) is 4.17. The highest BCUT2D eigenvalue weighted by molar-refractivity contribution is 5.48. The van der Waals surface area contributed by atoms with Gasteiger partial charge in [0.1, 0.15) is 5.75 Å². The molecule has 0 aromatic heterocycles. The Hall–Kier alpha value is -1.16. The van der Waals surface area contributed by atoms with E-state index in [0.717, 1.165) is 16.7 Å². The van der Waals surface area contributed by atoms with Crippen LogP contribution in [-0.4, -0.2) is 19.6 Å². The third-order valence-corrected chi connectivity index (χ3v) is 3.97. The average molecular weight is 255 g/mol. The lowest BCUT2D eigenvalue weighted by molar-refractivity contribution is -0.124. The van der Waals surface area contributed by atoms with E-state index in [0.29, 0.717) is 5.75 Å². The molecule has 1 saturated carbocycles. The van der Waals surface area contributed by atoms with Gasteiger partial charge in [-0.05, 0) is 31.0 Å². The number of aryl methyl sites for hydroxylation is 2. The standard InChI is InChI=1S/C14H19F2NO/c1-9-4-11(12(18-3)5-10(9)2)13(8-17)6-14(15,16)7-13/h4-5H,6-8,17H2,1-3H3. The number of halogens is 2. The van der Waals surface area contributed by atoms with Gasteiger partial charge in [-0.3, -0.25) is 0 Å². The number of alkyl halides is 2. The Morgan fingerprint density at radius 1 is 1.22 bits per heavy atom. The zero-order chi connectivity index (χ0) is 13.6. The second-order valence-electron chi connectivity index (χ2n) is 5.33. The van der Waals surface area contributed by atoms with Crippen molar-refractivity contribution in [2.75, 3.05) is 13.7 Å². The highest BCUT2D eigenvalue weighted by Gasteiger charge is 2.57. The summed E-state index contributed by atoms with van der Waals surface area (Å²) >= 11 is 0. The molecule has 1 fully saturated rings. The normalized spacial score (nSPS) is 20.3. The van der Waals surface area contributed by atoms with Crippen molar-refractivity contribution < 1.29 is 13.5 Å². The number of nitrogens with two attached hydrogens (primary N) is 1. The van der Waals surface area contributed by atoms with Gasteiger partial charge in [-0.15, -0.1) is 0 Å². The zero-order valence-corrected chi connectivity index (χ0v) is 11.0. The van der Waals surface area contributed by atoms with E-state index in [9.17, 15) is 8.78 Å². The van der Waals surface area contributed by atoms with E-state index >= 15 is 0 Å². The molecule has 2 nitrogen and oxygen atoms in total. The van der Waals surface area contributed by atoms with E-state index in [1.807, 2.05) is 26.0 Å².